The molecule has 0 aliphatic heterocycles. The van der Waals surface area contributed by atoms with Crippen LogP contribution in [0, 0.1) is 0 Å². The maximum atomic E-state index is 11.7. The van der Waals surface area contributed by atoms with Gasteiger partial charge in [0, 0.05) is 6.20 Å². The quantitative estimate of drug-likeness (QED) is 0.925. The van der Waals surface area contributed by atoms with E-state index < -0.39 is 0 Å². The van der Waals surface area contributed by atoms with Crippen molar-refractivity contribution in [1.82, 2.24) is 4.98 Å². The topological polar surface area (TPSA) is 55.1 Å². The molecule has 2 aromatic rings. The Balaban J connectivity index is 2.21. The van der Waals surface area contributed by atoms with Crippen molar-refractivity contribution in [2.75, 3.05) is 5.32 Å². The Kier molecular flexibility index (Phi) is 3.26. The molecular weight excluding hydrogens is 295 g/mol. The van der Waals surface area contributed by atoms with Crippen LogP contribution < -0.4 is 5.32 Å². The number of carbonyl (C=O) groups is 1. The summed E-state index contributed by atoms with van der Waals surface area (Å²) < 4.78 is 5.33. The number of pyridine rings is 1. The molecule has 0 aromatic carbocycles. The van der Waals surface area contributed by atoms with E-state index in [4.69, 9.17) is 16.0 Å². The number of nitrogens with zero attached hydrogens (tertiary/aromatic N) is 1. The van der Waals surface area contributed by atoms with Crippen molar-refractivity contribution in [2.45, 2.75) is 0 Å². The average Bonchev–Trinajstić information content (AvgIpc) is 2.68. The summed E-state index contributed by atoms with van der Waals surface area (Å²) in [6.07, 6.45) is 2.96. The highest BCUT2D eigenvalue weighted by atomic mass is 79.9. The highest BCUT2D eigenvalue weighted by Gasteiger charge is 2.14. The van der Waals surface area contributed by atoms with Gasteiger partial charge in [0.25, 0.3) is 5.91 Å². The van der Waals surface area contributed by atoms with Gasteiger partial charge in [0.2, 0.25) is 0 Å². The average molecular weight is 302 g/mol. The summed E-state index contributed by atoms with van der Waals surface area (Å²) in [6.45, 7) is 0. The Morgan fingerprint density at radius 1 is 1.50 bits per heavy atom. The van der Waals surface area contributed by atoms with Crippen molar-refractivity contribution in [3.05, 3.63) is 45.9 Å². The molecule has 0 unspecified atom stereocenters. The van der Waals surface area contributed by atoms with Crippen molar-refractivity contribution in [3.63, 3.8) is 0 Å². The van der Waals surface area contributed by atoms with E-state index in [0.29, 0.717) is 21.1 Å². The molecule has 0 bridgehead atoms. The molecule has 0 radical (unpaired) electrons. The van der Waals surface area contributed by atoms with Gasteiger partial charge in [0.05, 0.1) is 16.8 Å². The van der Waals surface area contributed by atoms with Crippen LogP contribution in [-0.4, -0.2) is 10.9 Å². The number of amides is 1. The first-order valence-electron chi connectivity index (χ1n) is 4.33. The van der Waals surface area contributed by atoms with Crippen molar-refractivity contribution >= 4 is 39.3 Å². The number of hydrogen-bond donors (Lipinski definition) is 1. The molecule has 2 aromatic heterocycles. The molecular formula is C10H6BrClN2O2. The maximum absolute atomic E-state index is 11.7. The summed E-state index contributed by atoms with van der Waals surface area (Å²) in [5, 5.41) is 2.97. The number of rotatable bonds is 2. The summed E-state index contributed by atoms with van der Waals surface area (Å²) in [4.78, 5) is 15.7. The van der Waals surface area contributed by atoms with E-state index in [2.05, 4.69) is 26.2 Å². The molecule has 0 aliphatic rings. The van der Waals surface area contributed by atoms with Gasteiger partial charge >= 0.3 is 0 Å². The monoisotopic (exact) mass is 300 g/mol. The summed E-state index contributed by atoms with van der Waals surface area (Å²) in [5.41, 5.74) is 0.390. The zero-order valence-corrected chi connectivity index (χ0v) is 10.2. The molecule has 4 nitrogen and oxygen atoms in total. The van der Waals surface area contributed by atoms with Gasteiger partial charge in [-0.15, -0.1) is 0 Å². The molecule has 16 heavy (non-hydrogen) atoms. The Bertz CT molecular complexity index is 527. The number of halogens is 2. The van der Waals surface area contributed by atoms with Crippen LogP contribution in [0.1, 0.15) is 10.4 Å². The zero-order chi connectivity index (χ0) is 11.5. The van der Waals surface area contributed by atoms with Crippen LogP contribution in [0.25, 0.3) is 0 Å². The second-order valence-corrected chi connectivity index (χ2v) is 4.02. The molecule has 6 heteroatoms. The lowest BCUT2D eigenvalue weighted by molar-refractivity contribution is 0.102. The van der Waals surface area contributed by atoms with Crippen LogP contribution in [0.3, 0.4) is 0 Å². The van der Waals surface area contributed by atoms with Crippen LogP contribution in [0.5, 0.6) is 0 Å². The number of carbonyl (C=O) groups excluding carboxylic acids is 1. The Morgan fingerprint density at radius 3 is 2.94 bits per heavy atom. The van der Waals surface area contributed by atoms with E-state index in [1.165, 1.54) is 6.26 Å². The Morgan fingerprint density at radius 2 is 2.31 bits per heavy atom. The first kappa shape index (κ1) is 11.2. The fraction of sp³-hybridized carbons (Fsp3) is 0. The molecule has 0 saturated carbocycles. The third-order valence-electron chi connectivity index (χ3n) is 1.85. The fourth-order valence-electron chi connectivity index (χ4n) is 1.11. The number of aromatic nitrogens is 1. The van der Waals surface area contributed by atoms with E-state index in [1.807, 2.05) is 0 Å². The standard InChI is InChI=1S/C10H6BrClN2O2/c11-8-6(3-5-16-8)10(15)14-9-7(12)2-1-4-13-9/h1-5H,(H,13,14,15). The second kappa shape index (κ2) is 4.67. The van der Waals surface area contributed by atoms with Gasteiger partial charge in [0.1, 0.15) is 0 Å². The van der Waals surface area contributed by atoms with Gasteiger partial charge in [-0.3, -0.25) is 4.79 Å². The van der Waals surface area contributed by atoms with Crippen LogP contribution in [0.4, 0.5) is 5.82 Å². The van der Waals surface area contributed by atoms with Gasteiger partial charge in [-0.1, -0.05) is 11.6 Å². The predicted molar refractivity (Wildman–Crippen MR) is 63.6 cm³/mol. The lowest BCUT2D eigenvalue weighted by atomic mass is 10.3. The molecule has 1 N–H and O–H groups in total. The van der Waals surface area contributed by atoms with Crippen molar-refractivity contribution in [1.29, 1.82) is 0 Å². The van der Waals surface area contributed by atoms with E-state index >= 15 is 0 Å². The minimum atomic E-state index is -0.332. The van der Waals surface area contributed by atoms with E-state index in [9.17, 15) is 4.79 Å². The van der Waals surface area contributed by atoms with Gasteiger partial charge in [-0.25, -0.2) is 4.98 Å². The zero-order valence-electron chi connectivity index (χ0n) is 7.91. The second-order valence-electron chi connectivity index (χ2n) is 2.90. The molecule has 82 valence electrons. The smallest absolute Gasteiger partial charge is 0.261 e. The van der Waals surface area contributed by atoms with Gasteiger partial charge in [-0.05, 0) is 34.1 Å². The highest BCUT2D eigenvalue weighted by Crippen LogP contribution is 2.21. The number of nitrogens with one attached hydrogen (secondary N) is 1. The van der Waals surface area contributed by atoms with Crippen molar-refractivity contribution < 1.29 is 9.21 Å². The molecule has 0 atom stereocenters. The normalized spacial score (nSPS) is 10.1. The van der Waals surface area contributed by atoms with Gasteiger partial charge in [0.15, 0.2) is 10.5 Å². The minimum Gasteiger partial charge on any atom is -0.457 e. The molecule has 1 amide bonds. The van der Waals surface area contributed by atoms with E-state index in [-0.39, 0.29) is 5.91 Å². The largest absolute Gasteiger partial charge is 0.457 e. The van der Waals surface area contributed by atoms with Gasteiger partial charge in [-0.2, -0.15) is 0 Å². The molecule has 2 rings (SSSR count). The maximum Gasteiger partial charge on any atom is 0.261 e. The molecule has 0 aliphatic carbocycles. The predicted octanol–water partition coefficient (Wildman–Crippen LogP) is 3.34. The first-order valence-corrected chi connectivity index (χ1v) is 5.50. The van der Waals surface area contributed by atoms with E-state index in [0.717, 1.165) is 0 Å². The third-order valence-corrected chi connectivity index (χ3v) is 2.77. The number of hydrogen-bond acceptors (Lipinski definition) is 3. The van der Waals surface area contributed by atoms with Crippen LogP contribution in [0.15, 0.2) is 39.7 Å². The summed E-state index contributed by atoms with van der Waals surface area (Å²) in [5.74, 6) is -0.0107. The molecule has 0 fully saturated rings. The third kappa shape index (κ3) is 2.25. The summed E-state index contributed by atoms with van der Waals surface area (Å²) in [7, 11) is 0. The molecule has 0 saturated heterocycles. The Hall–Kier alpha value is -1.33. The first-order chi connectivity index (χ1) is 7.68. The van der Waals surface area contributed by atoms with E-state index in [1.54, 1.807) is 24.4 Å². The van der Waals surface area contributed by atoms with Gasteiger partial charge < -0.3 is 9.73 Å². The Labute approximate surface area is 105 Å². The number of furan rings is 1. The SMILES string of the molecule is O=C(Nc1ncccc1Cl)c1ccoc1Br. The van der Waals surface area contributed by atoms with Crippen molar-refractivity contribution in [3.8, 4) is 0 Å². The minimum absolute atomic E-state index is 0.322. The van der Waals surface area contributed by atoms with Crippen LogP contribution >= 0.6 is 27.5 Å². The number of anilines is 1. The summed E-state index contributed by atoms with van der Waals surface area (Å²) in [6, 6.07) is 4.89. The highest BCUT2D eigenvalue weighted by molar-refractivity contribution is 9.10. The molecule has 0 spiro atoms. The van der Waals surface area contributed by atoms with Crippen molar-refractivity contribution in [2.24, 2.45) is 0 Å². The lowest BCUT2D eigenvalue weighted by Gasteiger charge is -2.04. The summed E-state index contributed by atoms with van der Waals surface area (Å²) >= 11 is 8.97. The molecule has 2 heterocycles. The van der Waals surface area contributed by atoms with Crippen LogP contribution in [0.2, 0.25) is 5.02 Å². The fourth-order valence-corrected chi connectivity index (χ4v) is 1.70. The lowest BCUT2D eigenvalue weighted by Crippen LogP contribution is -2.12. The van der Waals surface area contributed by atoms with Crippen LogP contribution in [-0.2, 0) is 0 Å².